The summed E-state index contributed by atoms with van der Waals surface area (Å²) in [7, 11) is 0. The van der Waals surface area contributed by atoms with E-state index in [9.17, 15) is 9.18 Å². The predicted octanol–water partition coefficient (Wildman–Crippen LogP) is 3.93. The Hall–Kier alpha value is -2.62. The first kappa shape index (κ1) is 15.9. The monoisotopic (exact) mass is 336 g/mol. The number of nitrogens with one attached hydrogen (secondary N) is 2. The SMILES string of the molecule is O=C(NC(c1ccccc1F)C1CCC1)C1=CNCc2ccccc21. The van der Waals surface area contributed by atoms with Gasteiger partial charge in [-0.3, -0.25) is 4.79 Å². The molecule has 0 radical (unpaired) electrons. The summed E-state index contributed by atoms with van der Waals surface area (Å²) in [4.78, 5) is 13.0. The fourth-order valence-corrected chi connectivity index (χ4v) is 3.63. The fourth-order valence-electron chi connectivity index (χ4n) is 3.63. The van der Waals surface area contributed by atoms with E-state index in [4.69, 9.17) is 0 Å². The van der Waals surface area contributed by atoms with Crippen LogP contribution in [0.3, 0.4) is 0 Å². The first-order valence-corrected chi connectivity index (χ1v) is 8.81. The van der Waals surface area contributed by atoms with Gasteiger partial charge in [-0.15, -0.1) is 0 Å². The molecule has 1 heterocycles. The quantitative estimate of drug-likeness (QED) is 0.888. The molecule has 25 heavy (non-hydrogen) atoms. The maximum absolute atomic E-state index is 14.3. The summed E-state index contributed by atoms with van der Waals surface area (Å²) in [5, 5.41) is 6.26. The van der Waals surface area contributed by atoms with E-state index >= 15 is 0 Å². The highest BCUT2D eigenvalue weighted by Crippen LogP contribution is 2.39. The standard InChI is InChI=1S/C21H21FN2O/c22-19-11-4-3-10-17(19)20(14-7-5-8-14)24-21(25)18-13-23-12-15-6-1-2-9-16(15)18/h1-4,6,9-11,13-14,20,23H,5,7-8,12H2,(H,24,25). The third-order valence-corrected chi connectivity index (χ3v) is 5.24. The van der Waals surface area contributed by atoms with Crippen molar-refractivity contribution in [1.82, 2.24) is 10.6 Å². The van der Waals surface area contributed by atoms with Gasteiger partial charge in [0.2, 0.25) is 0 Å². The topological polar surface area (TPSA) is 41.1 Å². The number of fused-ring (bicyclic) bond motifs is 1. The van der Waals surface area contributed by atoms with Crippen LogP contribution in [0.25, 0.3) is 5.57 Å². The van der Waals surface area contributed by atoms with Gasteiger partial charge < -0.3 is 10.6 Å². The van der Waals surface area contributed by atoms with Crippen LogP contribution in [0.5, 0.6) is 0 Å². The van der Waals surface area contributed by atoms with Crippen LogP contribution in [0, 0.1) is 11.7 Å². The van der Waals surface area contributed by atoms with Crippen molar-refractivity contribution in [2.45, 2.75) is 31.8 Å². The summed E-state index contributed by atoms with van der Waals surface area (Å²) in [6.45, 7) is 0.715. The molecule has 3 nitrogen and oxygen atoms in total. The number of amides is 1. The summed E-state index contributed by atoms with van der Waals surface area (Å²) in [6.07, 6.45) is 4.94. The first-order valence-electron chi connectivity index (χ1n) is 8.81. The van der Waals surface area contributed by atoms with Crippen molar-refractivity contribution in [3.8, 4) is 0 Å². The van der Waals surface area contributed by atoms with Gasteiger partial charge in [0.1, 0.15) is 5.82 Å². The Morgan fingerprint density at radius 2 is 1.88 bits per heavy atom. The zero-order chi connectivity index (χ0) is 17.2. The van der Waals surface area contributed by atoms with Gasteiger partial charge in [0.05, 0.1) is 11.6 Å². The minimum Gasteiger partial charge on any atom is -0.386 e. The van der Waals surface area contributed by atoms with Gasteiger partial charge in [-0.05, 0) is 36.0 Å². The Kier molecular flexibility index (Phi) is 4.26. The second-order valence-corrected chi connectivity index (χ2v) is 6.76. The van der Waals surface area contributed by atoms with Crippen LogP contribution in [-0.2, 0) is 11.3 Å². The van der Waals surface area contributed by atoms with Crippen LogP contribution in [0.2, 0.25) is 0 Å². The van der Waals surface area contributed by atoms with E-state index in [1.807, 2.05) is 30.3 Å². The van der Waals surface area contributed by atoms with E-state index in [0.29, 0.717) is 23.6 Å². The summed E-state index contributed by atoms with van der Waals surface area (Å²) < 4.78 is 14.3. The van der Waals surface area contributed by atoms with Crippen molar-refractivity contribution in [1.29, 1.82) is 0 Å². The average molecular weight is 336 g/mol. The molecule has 1 aliphatic carbocycles. The Morgan fingerprint density at radius 1 is 1.12 bits per heavy atom. The lowest BCUT2D eigenvalue weighted by Gasteiger charge is -2.35. The number of benzene rings is 2. The van der Waals surface area contributed by atoms with Gasteiger partial charge in [0, 0.05) is 18.3 Å². The maximum atomic E-state index is 14.3. The molecule has 1 aliphatic heterocycles. The molecule has 1 amide bonds. The van der Waals surface area contributed by atoms with Crippen molar-refractivity contribution < 1.29 is 9.18 Å². The van der Waals surface area contributed by atoms with E-state index in [2.05, 4.69) is 10.6 Å². The molecule has 4 rings (SSSR count). The molecule has 0 spiro atoms. The van der Waals surface area contributed by atoms with Gasteiger partial charge in [-0.25, -0.2) is 4.39 Å². The summed E-state index contributed by atoms with van der Waals surface area (Å²) in [5.74, 6) is -0.108. The lowest BCUT2D eigenvalue weighted by atomic mass is 9.77. The molecule has 0 saturated heterocycles. The summed E-state index contributed by atoms with van der Waals surface area (Å²) in [5.41, 5.74) is 3.24. The lowest BCUT2D eigenvalue weighted by molar-refractivity contribution is -0.117. The smallest absolute Gasteiger partial charge is 0.253 e. The Morgan fingerprint density at radius 3 is 2.64 bits per heavy atom. The minimum atomic E-state index is -0.280. The van der Waals surface area contributed by atoms with E-state index < -0.39 is 0 Å². The van der Waals surface area contributed by atoms with Gasteiger partial charge in [-0.2, -0.15) is 0 Å². The van der Waals surface area contributed by atoms with E-state index in [0.717, 1.165) is 30.4 Å². The molecule has 2 aromatic carbocycles. The number of halogens is 1. The van der Waals surface area contributed by atoms with Gasteiger partial charge >= 0.3 is 0 Å². The van der Waals surface area contributed by atoms with E-state index in [-0.39, 0.29) is 17.8 Å². The number of hydrogen-bond donors (Lipinski definition) is 2. The lowest BCUT2D eigenvalue weighted by Crippen LogP contribution is -2.38. The zero-order valence-electron chi connectivity index (χ0n) is 14.0. The predicted molar refractivity (Wildman–Crippen MR) is 95.9 cm³/mol. The molecule has 1 unspecified atom stereocenters. The molecule has 2 aromatic rings. The van der Waals surface area contributed by atoms with Gasteiger partial charge in [0.15, 0.2) is 0 Å². The minimum absolute atomic E-state index is 0.153. The summed E-state index contributed by atoms with van der Waals surface area (Å²) >= 11 is 0. The van der Waals surface area contributed by atoms with Crippen molar-refractivity contribution in [2.24, 2.45) is 5.92 Å². The van der Waals surface area contributed by atoms with Crippen LogP contribution in [0.15, 0.2) is 54.7 Å². The highest BCUT2D eigenvalue weighted by atomic mass is 19.1. The largest absolute Gasteiger partial charge is 0.386 e. The highest BCUT2D eigenvalue weighted by molar-refractivity contribution is 6.20. The van der Waals surface area contributed by atoms with Gasteiger partial charge in [-0.1, -0.05) is 48.9 Å². The Balaban J connectivity index is 1.61. The van der Waals surface area contributed by atoms with Crippen LogP contribution < -0.4 is 10.6 Å². The maximum Gasteiger partial charge on any atom is 0.253 e. The molecule has 4 heteroatoms. The molecule has 2 N–H and O–H groups in total. The van der Waals surface area contributed by atoms with Crippen molar-refractivity contribution in [3.05, 3.63) is 77.2 Å². The van der Waals surface area contributed by atoms with Crippen LogP contribution in [0.1, 0.15) is 42.0 Å². The summed E-state index contributed by atoms with van der Waals surface area (Å²) in [6, 6.07) is 14.4. The van der Waals surface area contributed by atoms with Crippen LogP contribution in [0.4, 0.5) is 4.39 Å². The van der Waals surface area contributed by atoms with Crippen molar-refractivity contribution >= 4 is 11.5 Å². The first-order chi connectivity index (χ1) is 12.2. The Labute approximate surface area is 146 Å². The van der Waals surface area contributed by atoms with Crippen LogP contribution >= 0.6 is 0 Å². The number of carbonyl (C=O) groups excluding carboxylic acids is 1. The third-order valence-electron chi connectivity index (χ3n) is 5.24. The molecule has 1 saturated carbocycles. The average Bonchev–Trinajstić information content (AvgIpc) is 2.59. The van der Waals surface area contributed by atoms with Gasteiger partial charge in [0.25, 0.3) is 5.91 Å². The highest BCUT2D eigenvalue weighted by Gasteiger charge is 2.32. The molecule has 0 bridgehead atoms. The number of rotatable bonds is 4. The van der Waals surface area contributed by atoms with E-state index in [1.165, 1.54) is 6.07 Å². The molecule has 2 aliphatic rings. The third kappa shape index (κ3) is 3.04. The second-order valence-electron chi connectivity index (χ2n) is 6.76. The van der Waals surface area contributed by atoms with Crippen LogP contribution in [-0.4, -0.2) is 5.91 Å². The number of carbonyl (C=O) groups is 1. The Bertz CT molecular complexity index is 826. The molecule has 128 valence electrons. The van der Waals surface area contributed by atoms with Crippen molar-refractivity contribution in [3.63, 3.8) is 0 Å². The van der Waals surface area contributed by atoms with E-state index in [1.54, 1.807) is 18.3 Å². The fraction of sp³-hybridized carbons (Fsp3) is 0.286. The van der Waals surface area contributed by atoms with Crippen molar-refractivity contribution in [2.75, 3.05) is 0 Å². The molecular formula is C21H21FN2O. The normalized spacial score (nSPS) is 17.6. The second kappa shape index (κ2) is 6.71. The molecule has 1 atom stereocenters. The molecule has 0 aromatic heterocycles. The number of hydrogen-bond acceptors (Lipinski definition) is 2. The molecular weight excluding hydrogens is 315 g/mol. The zero-order valence-corrected chi connectivity index (χ0v) is 14.0. The molecule has 1 fully saturated rings.